The van der Waals surface area contributed by atoms with Crippen molar-refractivity contribution in [3.8, 4) is 0 Å². The summed E-state index contributed by atoms with van der Waals surface area (Å²) in [4.78, 5) is 0. The van der Waals surface area contributed by atoms with E-state index in [0.29, 0.717) is 5.41 Å². The number of nitrogens with one attached hydrogen (secondary N) is 1. The molecule has 0 spiro atoms. The Bertz CT molecular complexity index is 157. The minimum Gasteiger partial charge on any atom is -0.316 e. The van der Waals surface area contributed by atoms with Gasteiger partial charge in [-0.25, -0.2) is 0 Å². The zero-order chi connectivity index (χ0) is 13.1. The molecule has 0 saturated heterocycles. The molecule has 0 aliphatic rings. The Labute approximate surface area is 110 Å². The number of hydrogen-bond acceptors (Lipinski definition) is 1. The third-order valence-electron chi connectivity index (χ3n) is 3.70. The van der Waals surface area contributed by atoms with E-state index in [4.69, 9.17) is 0 Å². The van der Waals surface area contributed by atoms with Crippen LogP contribution in [0.1, 0.15) is 79.6 Å². The van der Waals surface area contributed by atoms with Crippen molar-refractivity contribution in [3.63, 3.8) is 0 Å². The van der Waals surface area contributed by atoms with Gasteiger partial charge in [0, 0.05) is 0 Å². The smallest absolute Gasteiger partial charge is 0.00155 e. The third-order valence-corrected chi connectivity index (χ3v) is 3.70. The summed E-state index contributed by atoms with van der Waals surface area (Å²) in [5.74, 6) is 0.829. The Morgan fingerprint density at radius 1 is 0.882 bits per heavy atom. The maximum Gasteiger partial charge on any atom is -0.00155 e. The molecule has 0 amide bonds. The van der Waals surface area contributed by atoms with E-state index in [2.05, 4.69) is 39.9 Å². The molecule has 1 N–H and O–H groups in total. The first kappa shape index (κ1) is 17.0. The molecule has 0 aromatic carbocycles. The summed E-state index contributed by atoms with van der Waals surface area (Å²) in [6.45, 7) is 14.1. The van der Waals surface area contributed by atoms with E-state index < -0.39 is 0 Å². The Morgan fingerprint density at radius 2 is 1.53 bits per heavy atom. The second kappa shape index (κ2) is 9.94. The lowest BCUT2D eigenvalue weighted by molar-refractivity contribution is 0.213. The van der Waals surface area contributed by atoms with E-state index in [9.17, 15) is 0 Å². The van der Waals surface area contributed by atoms with Gasteiger partial charge < -0.3 is 5.32 Å². The largest absolute Gasteiger partial charge is 0.316 e. The Morgan fingerprint density at radius 3 is 2.06 bits per heavy atom. The van der Waals surface area contributed by atoms with E-state index >= 15 is 0 Å². The molecular weight excluding hydrogens is 206 g/mol. The molecule has 0 fully saturated rings. The molecule has 1 nitrogen and oxygen atoms in total. The summed E-state index contributed by atoms with van der Waals surface area (Å²) >= 11 is 0. The molecule has 0 rings (SSSR count). The monoisotopic (exact) mass is 241 g/mol. The summed E-state index contributed by atoms with van der Waals surface area (Å²) in [6.07, 6.45) is 9.66. The lowest BCUT2D eigenvalue weighted by Crippen LogP contribution is -2.32. The minimum absolute atomic E-state index is 0.450. The molecular formula is C16H35N. The molecule has 1 unspecified atom stereocenters. The van der Waals surface area contributed by atoms with Crippen LogP contribution in [0.2, 0.25) is 0 Å². The third kappa shape index (κ3) is 9.64. The SMILES string of the molecule is CCCCCCCC(CNCCC)C(C)(C)C. The van der Waals surface area contributed by atoms with Gasteiger partial charge in [0.2, 0.25) is 0 Å². The summed E-state index contributed by atoms with van der Waals surface area (Å²) in [5, 5.41) is 3.59. The van der Waals surface area contributed by atoms with Crippen LogP contribution in [-0.4, -0.2) is 13.1 Å². The van der Waals surface area contributed by atoms with Crippen molar-refractivity contribution in [2.45, 2.75) is 79.6 Å². The van der Waals surface area contributed by atoms with Crippen LogP contribution in [0.15, 0.2) is 0 Å². The molecule has 1 atom stereocenters. The summed E-state index contributed by atoms with van der Waals surface area (Å²) in [6, 6.07) is 0. The van der Waals surface area contributed by atoms with Gasteiger partial charge in [0.1, 0.15) is 0 Å². The number of rotatable bonds is 10. The minimum atomic E-state index is 0.450. The van der Waals surface area contributed by atoms with Crippen molar-refractivity contribution in [2.24, 2.45) is 11.3 Å². The lowest BCUT2D eigenvalue weighted by Gasteiger charge is -2.31. The fraction of sp³-hybridized carbons (Fsp3) is 1.00. The topological polar surface area (TPSA) is 12.0 Å². The molecule has 1 heteroatoms. The predicted molar refractivity (Wildman–Crippen MR) is 79.5 cm³/mol. The fourth-order valence-corrected chi connectivity index (χ4v) is 2.29. The van der Waals surface area contributed by atoms with Crippen molar-refractivity contribution >= 4 is 0 Å². The van der Waals surface area contributed by atoms with Crippen LogP contribution in [0.3, 0.4) is 0 Å². The van der Waals surface area contributed by atoms with Crippen LogP contribution in [0, 0.1) is 11.3 Å². The van der Waals surface area contributed by atoms with Gasteiger partial charge in [-0.05, 0) is 37.3 Å². The number of hydrogen-bond donors (Lipinski definition) is 1. The average Bonchev–Trinajstić information content (AvgIpc) is 2.25. The Balaban J connectivity index is 3.78. The first-order valence-electron chi connectivity index (χ1n) is 7.73. The normalized spacial score (nSPS) is 13.9. The van der Waals surface area contributed by atoms with E-state index in [1.165, 1.54) is 58.0 Å². The molecule has 0 radical (unpaired) electrons. The average molecular weight is 241 g/mol. The highest BCUT2D eigenvalue weighted by Gasteiger charge is 2.23. The Kier molecular flexibility index (Phi) is 9.91. The summed E-state index contributed by atoms with van der Waals surface area (Å²) in [7, 11) is 0. The van der Waals surface area contributed by atoms with Crippen LogP contribution >= 0.6 is 0 Å². The summed E-state index contributed by atoms with van der Waals surface area (Å²) < 4.78 is 0. The fourth-order valence-electron chi connectivity index (χ4n) is 2.29. The first-order valence-corrected chi connectivity index (χ1v) is 7.73. The molecule has 0 heterocycles. The van der Waals surface area contributed by atoms with Gasteiger partial charge in [0.25, 0.3) is 0 Å². The predicted octanol–water partition coefficient (Wildman–Crippen LogP) is 5.01. The zero-order valence-corrected chi connectivity index (χ0v) is 12.9. The van der Waals surface area contributed by atoms with Crippen molar-refractivity contribution in [1.82, 2.24) is 5.32 Å². The standard InChI is InChI=1S/C16H35N/c1-6-8-9-10-11-12-15(16(3,4)5)14-17-13-7-2/h15,17H,6-14H2,1-5H3. The van der Waals surface area contributed by atoms with E-state index in [1.54, 1.807) is 0 Å². The molecule has 0 bridgehead atoms. The van der Waals surface area contributed by atoms with E-state index in [0.717, 1.165) is 5.92 Å². The first-order chi connectivity index (χ1) is 8.02. The van der Waals surface area contributed by atoms with Gasteiger partial charge in [-0.1, -0.05) is 66.7 Å². The van der Waals surface area contributed by atoms with Gasteiger partial charge in [0.15, 0.2) is 0 Å². The van der Waals surface area contributed by atoms with Crippen molar-refractivity contribution in [1.29, 1.82) is 0 Å². The molecule has 0 aliphatic carbocycles. The molecule has 0 aliphatic heterocycles. The molecule has 0 aromatic rings. The second-order valence-electron chi connectivity index (χ2n) is 6.47. The van der Waals surface area contributed by atoms with Gasteiger partial charge in [-0.2, -0.15) is 0 Å². The second-order valence-corrected chi connectivity index (χ2v) is 6.47. The van der Waals surface area contributed by atoms with Gasteiger partial charge in [-0.15, -0.1) is 0 Å². The van der Waals surface area contributed by atoms with Crippen LogP contribution in [0.5, 0.6) is 0 Å². The van der Waals surface area contributed by atoms with Gasteiger partial charge >= 0.3 is 0 Å². The highest BCUT2D eigenvalue weighted by Crippen LogP contribution is 2.29. The highest BCUT2D eigenvalue weighted by molar-refractivity contribution is 4.76. The van der Waals surface area contributed by atoms with E-state index in [1.807, 2.05) is 0 Å². The van der Waals surface area contributed by atoms with Crippen molar-refractivity contribution in [2.75, 3.05) is 13.1 Å². The van der Waals surface area contributed by atoms with Crippen molar-refractivity contribution < 1.29 is 0 Å². The lowest BCUT2D eigenvalue weighted by atomic mass is 9.77. The van der Waals surface area contributed by atoms with Gasteiger partial charge in [-0.3, -0.25) is 0 Å². The van der Waals surface area contributed by atoms with Gasteiger partial charge in [0.05, 0.1) is 0 Å². The molecule has 0 aromatic heterocycles. The van der Waals surface area contributed by atoms with Crippen LogP contribution < -0.4 is 5.32 Å². The summed E-state index contributed by atoms with van der Waals surface area (Å²) in [5.41, 5.74) is 0.450. The molecule has 104 valence electrons. The van der Waals surface area contributed by atoms with Crippen molar-refractivity contribution in [3.05, 3.63) is 0 Å². The zero-order valence-electron chi connectivity index (χ0n) is 12.9. The molecule has 17 heavy (non-hydrogen) atoms. The quantitative estimate of drug-likeness (QED) is 0.530. The van der Waals surface area contributed by atoms with Crippen LogP contribution in [0.4, 0.5) is 0 Å². The van der Waals surface area contributed by atoms with E-state index in [-0.39, 0.29) is 0 Å². The molecule has 0 saturated carbocycles. The maximum absolute atomic E-state index is 3.59. The Hall–Kier alpha value is -0.0400. The number of unbranched alkanes of at least 4 members (excludes halogenated alkanes) is 4. The van der Waals surface area contributed by atoms with Crippen LogP contribution in [-0.2, 0) is 0 Å². The highest BCUT2D eigenvalue weighted by atomic mass is 14.9. The van der Waals surface area contributed by atoms with Crippen LogP contribution in [0.25, 0.3) is 0 Å². The maximum atomic E-state index is 3.59.